The molecule has 168 valence electrons. The molecule has 0 aliphatic heterocycles. The average Bonchev–Trinajstić information content (AvgIpc) is 2.71. The van der Waals surface area contributed by atoms with E-state index in [1.54, 1.807) is 11.0 Å². The van der Waals surface area contributed by atoms with Crippen molar-refractivity contribution in [2.24, 2.45) is 0 Å². The molecule has 2 aromatic carbocycles. The lowest BCUT2D eigenvalue weighted by Gasteiger charge is -2.31. The first-order chi connectivity index (χ1) is 14.7. The zero-order chi connectivity index (χ0) is 23.0. The van der Waals surface area contributed by atoms with Gasteiger partial charge in [0.05, 0.1) is 15.8 Å². The molecule has 0 fully saturated rings. The van der Waals surface area contributed by atoms with E-state index < -0.39 is 6.04 Å². The lowest BCUT2D eigenvalue weighted by molar-refractivity contribution is -0.139. The highest BCUT2D eigenvalue weighted by atomic mass is 35.5. The summed E-state index contributed by atoms with van der Waals surface area (Å²) in [6.45, 7) is 8.21. The fraction of sp³-hybridized carbons (Fsp3) is 0.417. The van der Waals surface area contributed by atoms with Crippen LogP contribution in [0.3, 0.4) is 0 Å². The first-order valence-electron chi connectivity index (χ1n) is 10.4. The molecule has 0 saturated carbocycles. The molecule has 4 nitrogen and oxygen atoms in total. The molecule has 0 bridgehead atoms. The van der Waals surface area contributed by atoms with Crippen molar-refractivity contribution >= 4 is 46.8 Å². The zero-order valence-corrected chi connectivity index (χ0v) is 20.8. The Morgan fingerprint density at radius 1 is 1.10 bits per heavy atom. The summed E-state index contributed by atoms with van der Waals surface area (Å²) >= 11 is 13.6. The number of carbonyl (C=O) groups is 2. The van der Waals surface area contributed by atoms with Gasteiger partial charge in [-0.2, -0.15) is 0 Å². The number of thioether (sulfide) groups is 1. The van der Waals surface area contributed by atoms with Gasteiger partial charge in [-0.25, -0.2) is 0 Å². The molecule has 1 N–H and O–H groups in total. The number of hydrogen-bond donors (Lipinski definition) is 1. The van der Waals surface area contributed by atoms with Crippen molar-refractivity contribution in [2.75, 3.05) is 5.75 Å². The van der Waals surface area contributed by atoms with Crippen LogP contribution >= 0.6 is 35.0 Å². The maximum Gasteiger partial charge on any atom is 0.243 e. The molecule has 0 aromatic heterocycles. The molecule has 0 radical (unpaired) electrons. The summed E-state index contributed by atoms with van der Waals surface area (Å²) in [6, 6.07) is 12.9. The highest BCUT2D eigenvalue weighted by Gasteiger charge is 2.29. The monoisotopic (exact) mass is 480 g/mol. The minimum Gasteiger partial charge on any atom is -0.352 e. The third kappa shape index (κ3) is 7.74. The quantitative estimate of drug-likeness (QED) is 0.462. The Bertz CT molecular complexity index is 905. The van der Waals surface area contributed by atoms with Gasteiger partial charge in [-0.1, -0.05) is 60.5 Å². The largest absolute Gasteiger partial charge is 0.352 e. The minimum atomic E-state index is -0.514. The molecule has 0 spiro atoms. The molecule has 0 aliphatic rings. The van der Waals surface area contributed by atoms with E-state index in [-0.39, 0.29) is 23.6 Å². The number of benzene rings is 2. The summed E-state index contributed by atoms with van der Waals surface area (Å²) in [5.74, 6) is 0.737. The Hall–Kier alpha value is -1.69. The van der Waals surface area contributed by atoms with Crippen molar-refractivity contribution in [3.8, 4) is 0 Å². The topological polar surface area (TPSA) is 49.4 Å². The Labute approximate surface area is 199 Å². The van der Waals surface area contributed by atoms with Gasteiger partial charge in [-0.05, 0) is 56.0 Å². The van der Waals surface area contributed by atoms with E-state index in [4.69, 9.17) is 23.2 Å². The molecular formula is C24H30Cl2N2O2S. The van der Waals surface area contributed by atoms with E-state index in [0.717, 1.165) is 16.7 Å². The van der Waals surface area contributed by atoms with Gasteiger partial charge < -0.3 is 10.2 Å². The third-order valence-electron chi connectivity index (χ3n) is 4.90. The maximum absolute atomic E-state index is 13.2. The van der Waals surface area contributed by atoms with Gasteiger partial charge >= 0.3 is 0 Å². The number of rotatable bonds is 10. The Balaban J connectivity index is 2.15. The van der Waals surface area contributed by atoms with Gasteiger partial charge in [0.15, 0.2) is 0 Å². The second kappa shape index (κ2) is 12.4. The normalized spacial score (nSPS) is 12.0. The summed E-state index contributed by atoms with van der Waals surface area (Å²) in [4.78, 5) is 27.8. The highest BCUT2D eigenvalue weighted by molar-refractivity contribution is 7.99. The fourth-order valence-corrected chi connectivity index (χ4v) is 4.42. The van der Waals surface area contributed by atoms with Crippen LogP contribution in [0, 0.1) is 6.92 Å². The second-order valence-corrected chi connectivity index (χ2v) is 9.58. The van der Waals surface area contributed by atoms with Crippen LogP contribution in [0.4, 0.5) is 0 Å². The molecule has 2 aromatic rings. The summed E-state index contributed by atoms with van der Waals surface area (Å²) in [5, 5.41) is 3.97. The number of amides is 2. The van der Waals surface area contributed by atoms with E-state index in [0.29, 0.717) is 28.8 Å². The smallest absolute Gasteiger partial charge is 0.243 e. The zero-order valence-electron chi connectivity index (χ0n) is 18.5. The van der Waals surface area contributed by atoms with Crippen molar-refractivity contribution in [1.29, 1.82) is 0 Å². The Kier molecular flexibility index (Phi) is 10.2. The van der Waals surface area contributed by atoms with Crippen LogP contribution in [0.2, 0.25) is 10.0 Å². The van der Waals surface area contributed by atoms with Crippen LogP contribution in [0.1, 0.15) is 43.9 Å². The van der Waals surface area contributed by atoms with Gasteiger partial charge in [0.25, 0.3) is 0 Å². The van der Waals surface area contributed by atoms with Crippen LogP contribution in [0.25, 0.3) is 0 Å². The van der Waals surface area contributed by atoms with Crippen LogP contribution in [0.5, 0.6) is 0 Å². The van der Waals surface area contributed by atoms with E-state index >= 15 is 0 Å². The Morgan fingerprint density at radius 3 is 2.42 bits per heavy atom. The van der Waals surface area contributed by atoms with Gasteiger partial charge in [-0.15, -0.1) is 11.8 Å². The number of nitrogens with zero attached hydrogens (tertiary/aromatic N) is 1. The van der Waals surface area contributed by atoms with Crippen LogP contribution in [-0.2, 0) is 21.9 Å². The van der Waals surface area contributed by atoms with Crippen molar-refractivity contribution in [1.82, 2.24) is 10.2 Å². The first kappa shape index (κ1) is 25.6. The molecule has 0 saturated heterocycles. The first-order valence-corrected chi connectivity index (χ1v) is 12.3. The van der Waals surface area contributed by atoms with Crippen LogP contribution in [0.15, 0.2) is 42.5 Å². The molecule has 7 heteroatoms. The van der Waals surface area contributed by atoms with E-state index in [2.05, 4.69) is 5.32 Å². The summed E-state index contributed by atoms with van der Waals surface area (Å²) < 4.78 is 0. The molecule has 0 heterocycles. The van der Waals surface area contributed by atoms with Crippen LogP contribution < -0.4 is 5.32 Å². The highest BCUT2D eigenvalue weighted by Crippen LogP contribution is 2.25. The predicted molar refractivity (Wildman–Crippen MR) is 132 cm³/mol. The average molecular weight is 481 g/mol. The lowest BCUT2D eigenvalue weighted by Crippen LogP contribution is -2.51. The standard InChI is InChI=1S/C24H30Cl2N2O2S/c1-5-22(24(30)27-16(2)3)28(13-19-9-7-6-8-17(19)4)23(29)15-31-14-18-10-11-20(25)21(26)12-18/h6-12,16,22H,5,13-15H2,1-4H3,(H,27,30)/t22-/m0/s1. The third-order valence-corrected chi connectivity index (χ3v) is 6.62. The second-order valence-electron chi connectivity index (χ2n) is 7.78. The Morgan fingerprint density at radius 2 is 1.81 bits per heavy atom. The van der Waals surface area contributed by atoms with Crippen molar-refractivity contribution in [2.45, 2.75) is 58.5 Å². The number of nitrogens with one attached hydrogen (secondary N) is 1. The molecule has 0 aliphatic carbocycles. The predicted octanol–water partition coefficient (Wildman–Crippen LogP) is 5.87. The molecule has 1 atom stereocenters. The van der Waals surface area contributed by atoms with Crippen molar-refractivity contribution in [3.05, 3.63) is 69.2 Å². The van der Waals surface area contributed by atoms with Gasteiger partial charge in [0.1, 0.15) is 6.04 Å². The minimum absolute atomic E-state index is 0.0148. The SMILES string of the molecule is CC[C@@H](C(=O)NC(C)C)N(Cc1ccccc1C)C(=O)CSCc1ccc(Cl)c(Cl)c1. The van der Waals surface area contributed by atoms with E-state index in [9.17, 15) is 9.59 Å². The van der Waals surface area contributed by atoms with Gasteiger partial charge in [0, 0.05) is 18.3 Å². The molecule has 0 unspecified atom stereocenters. The van der Waals surface area contributed by atoms with E-state index in [1.165, 1.54) is 11.8 Å². The fourth-order valence-electron chi connectivity index (χ4n) is 3.24. The van der Waals surface area contributed by atoms with E-state index in [1.807, 2.05) is 64.1 Å². The number of aryl methyl sites for hydroxylation is 1. The lowest BCUT2D eigenvalue weighted by atomic mass is 10.1. The summed E-state index contributed by atoms with van der Waals surface area (Å²) in [6.07, 6.45) is 0.549. The molecule has 2 rings (SSSR count). The summed E-state index contributed by atoms with van der Waals surface area (Å²) in [5.41, 5.74) is 3.14. The van der Waals surface area contributed by atoms with Crippen molar-refractivity contribution in [3.63, 3.8) is 0 Å². The summed E-state index contributed by atoms with van der Waals surface area (Å²) in [7, 11) is 0. The van der Waals surface area contributed by atoms with Crippen LogP contribution in [-0.4, -0.2) is 34.6 Å². The molecule has 2 amide bonds. The maximum atomic E-state index is 13.2. The molecular weight excluding hydrogens is 451 g/mol. The van der Waals surface area contributed by atoms with Gasteiger partial charge in [0.2, 0.25) is 11.8 Å². The number of hydrogen-bond acceptors (Lipinski definition) is 3. The van der Waals surface area contributed by atoms with Crippen molar-refractivity contribution < 1.29 is 9.59 Å². The number of halogens is 2. The van der Waals surface area contributed by atoms with Gasteiger partial charge in [-0.3, -0.25) is 9.59 Å². The molecule has 31 heavy (non-hydrogen) atoms. The number of carbonyl (C=O) groups excluding carboxylic acids is 2.